The fraction of sp³-hybridized carbons (Fsp3) is 0.167. The van der Waals surface area contributed by atoms with Crippen molar-refractivity contribution >= 4 is 45.4 Å². The molecule has 0 aliphatic heterocycles. The van der Waals surface area contributed by atoms with Gasteiger partial charge in [0, 0.05) is 5.56 Å². The van der Waals surface area contributed by atoms with E-state index in [1.807, 2.05) is 36.4 Å². The van der Waals surface area contributed by atoms with Crippen molar-refractivity contribution in [2.45, 2.75) is 4.34 Å². The fourth-order valence-electron chi connectivity index (χ4n) is 2.26. The van der Waals surface area contributed by atoms with Gasteiger partial charge in [-0.05, 0) is 24.3 Å². The van der Waals surface area contributed by atoms with Gasteiger partial charge in [0.2, 0.25) is 0 Å². The minimum absolute atomic E-state index is 0.202. The summed E-state index contributed by atoms with van der Waals surface area (Å²) in [5.41, 5.74) is 4.18. The number of thioether (sulfide) groups is 1. The molecule has 6 nitrogen and oxygen atoms in total. The zero-order chi connectivity index (χ0) is 18.4. The molecule has 134 valence electrons. The van der Waals surface area contributed by atoms with Crippen molar-refractivity contribution in [3.63, 3.8) is 0 Å². The number of thiazole rings is 1. The number of nitrogens with one attached hydrogen (secondary N) is 1. The lowest BCUT2D eigenvalue weighted by atomic mass is 10.2. The Morgan fingerprint density at radius 3 is 2.85 bits per heavy atom. The zero-order valence-electron chi connectivity index (χ0n) is 14.3. The van der Waals surface area contributed by atoms with Gasteiger partial charge in [-0.25, -0.2) is 10.4 Å². The third kappa shape index (κ3) is 4.33. The summed E-state index contributed by atoms with van der Waals surface area (Å²) < 4.78 is 12.5. The van der Waals surface area contributed by atoms with Gasteiger partial charge in [-0.1, -0.05) is 30.0 Å². The Hall–Kier alpha value is -2.58. The van der Waals surface area contributed by atoms with E-state index in [0.717, 1.165) is 14.6 Å². The summed E-state index contributed by atoms with van der Waals surface area (Å²) in [5.74, 6) is 1.21. The number of aromatic nitrogens is 1. The van der Waals surface area contributed by atoms with Crippen molar-refractivity contribution in [2.75, 3.05) is 20.0 Å². The van der Waals surface area contributed by atoms with E-state index in [0.29, 0.717) is 17.1 Å². The Labute approximate surface area is 159 Å². The number of amides is 1. The number of rotatable bonds is 7. The highest BCUT2D eigenvalue weighted by atomic mass is 32.2. The molecule has 1 N–H and O–H groups in total. The second kappa shape index (κ2) is 8.68. The summed E-state index contributed by atoms with van der Waals surface area (Å²) in [6.07, 6.45) is 1.53. The first-order valence-corrected chi connectivity index (χ1v) is 9.52. The van der Waals surface area contributed by atoms with Gasteiger partial charge in [-0.2, -0.15) is 5.10 Å². The number of methoxy groups -OCH3 is 2. The van der Waals surface area contributed by atoms with Crippen molar-refractivity contribution in [3.05, 3.63) is 48.0 Å². The van der Waals surface area contributed by atoms with Crippen LogP contribution in [0.1, 0.15) is 5.56 Å². The van der Waals surface area contributed by atoms with Crippen LogP contribution >= 0.6 is 23.1 Å². The summed E-state index contributed by atoms with van der Waals surface area (Å²) in [6.45, 7) is 0. The predicted molar refractivity (Wildman–Crippen MR) is 106 cm³/mol. The van der Waals surface area contributed by atoms with E-state index < -0.39 is 0 Å². The van der Waals surface area contributed by atoms with Crippen LogP contribution in [0.2, 0.25) is 0 Å². The highest BCUT2D eigenvalue weighted by Crippen LogP contribution is 2.30. The lowest BCUT2D eigenvalue weighted by molar-refractivity contribution is -0.118. The number of ether oxygens (including phenoxy) is 2. The van der Waals surface area contributed by atoms with Crippen LogP contribution in [0.15, 0.2) is 51.9 Å². The molecule has 3 aromatic rings. The maximum Gasteiger partial charge on any atom is 0.250 e. The molecule has 26 heavy (non-hydrogen) atoms. The average Bonchev–Trinajstić information content (AvgIpc) is 3.09. The van der Waals surface area contributed by atoms with Gasteiger partial charge in [-0.3, -0.25) is 4.79 Å². The van der Waals surface area contributed by atoms with Crippen LogP contribution in [0.5, 0.6) is 11.5 Å². The minimum atomic E-state index is -0.202. The first-order chi connectivity index (χ1) is 12.7. The van der Waals surface area contributed by atoms with Crippen LogP contribution in [0.25, 0.3) is 10.2 Å². The topological polar surface area (TPSA) is 72.8 Å². The van der Waals surface area contributed by atoms with E-state index in [1.165, 1.54) is 18.0 Å². The summed E-state index contributed by atoms with van der Waals surface area (Å²) in [4.78, 5) is 16.5. The summed E-state index contributed by atoms with van der Waals surface area (Å²) in [5, 5.41) is 3.99. The number of hydrogen-bond donors (Lipinski definition) is 1. The number of nitrogens with zero attached hydrogens (tertiary/aromatic N) is 2. The Balaban J connectivity index is 1.56. The van der Waals surface area contributed by atoms with E-state index in [9.17, 15) is 4.79 Å². The Morgan fingerprint density at radius 1 is 1.23 bits per heavy atom. The Bertz CT molecular complexity index is 907. The van der Waals surface area contributed by atoms with Crippen LogP contribution in [-0.2, 0) is 4.79 Å². The molecule has 0 saturated heterocycles. The molecule has 0 bridgehead atoms. The fourth-order valence-corrected chi connectivity index (χ4v) is 4.12. The third-order valence-electron chi connectivity index (χ3n) is 3.43. The molecule has 0 radical (unpaired) electrons. The SMILES string of the molecule is COc1cccc(/C=N\NC(=O)CSc2nc3ccccc3s2)c1OC. The molecule has 1 amide bonds. The van der Waals surface area contributed by atoms with E-state index in [1.54, 1.807) is 31.6 Å². The smallest absolute Gasteiger partial charge is 0.250 e. The molecule has 0 unspecified atom stereocenters. The molecule has 8 heteroatoms. The van der Waals surface area contributed by atoms with Gasteiger partial charge >= 0.3 is 0 Å². The van der Waals surface area contributed by atoms with Crippen LogP contribution in [0, 0.1) is 0 Å². The number of carbonyl (C=O) groups is 1. The molecule has 0 aliphatic rings. The predicted octanol–water partition coefficient (Wildman–Crippen LogP) is 3.56. The lowest BCUT2D eigenvalue weighted by Gasteiger charge is -2.09. The monoisotopic (exact) mass is 387 g/mol. The van der Waals surface area contributed by atoms with Crippen molar-refractivity contribution in [3.8, 4) is 11.5 Å². The second-order valence-corrected chi connectivity index (χ2v) is 7.37. The maximum absolute atomic E-state index is 12.0. The molecule has 1 aromatic heterocycles. The molecule has 0 saturated carbocycles. The summed E-state index contributed by atoms with van der Waals surface area (Å²) >= 11 is 2.96. The number of benzene rings is 2. The van der Waals surface area contributed by atoms with Crippen LogP contribution in [-0.4, -0.2) is 37.1 Å². The van der Waals surface area contributed by atoms with Gasteiger partial charge in [0.1, 0.15) is 0 Å². The second-order valence-electron chi connectivity index (χ2n) is 5.11. The first-order valence-electron chi connectivity index (χ1n) is 7.72. The van der Waals surface area contributed by atoms with Crippen LogP contribution in [0.3, 0.4) is 0 Å². The van der Waals surface area contributed by atoms with Gasteiger partial charge in [0.05, 0.1) is 36.4 Å². The lowest BCUT2D eigenvalue weighted by Crippen LogP contribution is -2.19. The van der Waals surface area contributed by atoms with Gasteiger partial charge in [0.15, 0.2) is 15.8 Å². The number of para-hydroxylation sites is 2. The third-order valence-corrected chi connectivity index (χ3v) is 5.61. The molecular formula is C18H17N3O3S2. The minimum Gasteiger partial charge on any atom is -0.493 e. The quantitative estimate of drug-likeness (QED) is 0.381. The Kier molecular flexibility index (Phi) is 6.08. The normalized spacial score (nSPS) is 11.0. The molecule has 0 aliphatic carbocycles. The highest BCUT2D eigenvalue weighted by Gasteiger charge is 2.09. The van der Waals surface area contributed by atoms with Crippen molar-refractivity contribution < 1.29 is 14.3 Å². The summed E-state index contributed by atoms with van der Waals surface area (Å²) in [6, 6.07) is 13.3. The van der Waals surface area contributed by atoms with Crippen molar-refractivity contribution in [1.82, 2.24) is 10.4 Å². The zero-order valence-corrected chi connectivity index (χ0v) is 15.9. The summed E-state index contributed by atoms with van der Waals surface area (Å²) in [7, 11) is 3.13. The molecule has 0 fully saturated rings. The van der Waals surface area contributed by atoms with E-state index in [-0.39, 0.29) is 11.7 Å². The molecule has 0 spiro atoms. The van der Waals surface area contributed by atoms with E-state index >= 15 is 0 Å². The van der Waals surface area contributed by atoms with Gasteiger partial charge < -0.3 is 9.47 Å². The van der Waals surface area contributed by atoms with E-state index in [2.05, 4.69) is 15.5 Å². The van der Waals surface area contributed by atoms with Crippen LogP contribution in [0.4, 0.5) is 0 Å². The maximum atomic E-state index is 12.0. The largest absolute Gasteiger partial charge is 0.493 e. The highest BCUT2D eigenvalue weighted by molar-refractivity contribution is 8.01. The van der Waals surface area contributed by atoms with E-state index in [4.69, 9.17) is 9.47 Å². The molecule has 0 atom stereocenters. The van der Waals surface area contributed by atoms with Crippen molar-refractivity contribution in [1.29, 1.82) is 0 Å². The van der Waals surface area contributed by atoms with Gasteiger partial charge in [-0.15, -0.1) is 11.3 Å². The van der Waals surface area contributed by atoms with Crippen LogP contribution < -0.4 is 14.9 Å². The number of hydrazone groups is 1. The molecular weight excluding hydrogens is 370 g/mol. The number of fused-ring (bicyclic) bond motifs is 1. The average molecular weight is 387 g/mol. The molecule has 2 aromatic carbocycles. The molecule has 1 heterocycles. The number of carbonyl (C=O) groups excluding carboxylic acids is 1. The molecule has 3 rings (SSSR count). The van der Waals surface area contributed by atoms with Crippen molar-refractivity contribution in [2.24, 2.45) is 5.10 Å². The first kappa shape index (κ1) is 18.2. The van der Waals surface area contributed by atoms with Gasteiger partial charge in [0.25, 0.3) is 5.91 Å². The number of hydrogen-bond acceptors (Lipinski definition) is 7. The Morgan fingerprint density at radius 2 is 2.08 bits per heavy atom. The standard InChI is InChI=1S/C18H17N3O3S2/c1-23-14-8-5-6-12(17(14)24-2)10-19-21-16(22)11-25-18-20-13-7-3-4-9-15(13)26-18/h3-10H,11H2,1-2H3,(H,21,22)/b19-10-.